The Hall–Kier alpha value is -0.370. The van der Waals surface area contributed by atoms with E-state index in [1.54, 1.807) is 7.11 Å². The quantitative estimate of drug-likeness (QED) is 0.554. The largest absolute Gasteiger partial charge is 0.384 e. The number of allylic oxidation sites excluding steroid dienone is 1. The zero-order valence-corrected chi connectivity index (χ0v) is 10.6. The predicted octanol–water partition coefficient (Wildman–Crippen LogP) is 4.13. The Morgan fingerprint density at radius 1 is 1.53 bits per heavy atom. The fourth-order valence-electron chi connectivity index (χ4n) is 1.78. The smallest absolute Gasteiger partial charge is 0.100 e. The Labute approximate surface area is 93.7 Å². The van der Waals surface area contributed by atoms with E-state index in [4.69, 9.17) is 4.74 Å². The highest BCUT2D eigenvalue weighted by Gasteiger charge is 2.27. The van der Waals surface area contributed by atoms with Crippen LogP contribution in [0, 0.1) is 5.41 Å². The zero-order valence-electron chi connectivity index (χ0n) is 10.6. The van der Waals surface area contributed by atoms with Crippen LogP contribution in [0.1, 0.15) is 46.5 Å². The molecule has 0 aromatic heterocycles. The SMILES string of the molecule is C=C(C)CCC(C)(COC)CC(F)CC. The first-order valence-electron chi connectivity index (χ1n) is 5.71. The number of hydrogen-bond acceptors (Lipinski definition) is 1. The molecular formula is C13H25FO. The standard InChI is InChI=1S/C13H25FO/c1-6-12(14)9-13(4,10-15-5)8-7-11(2)3/h12H,2,6-10H2,1,3-5H3. The number of rotatable bonds is 8. The summed E-state index contributed by atoms with van der Waals surface area (Å²) in [4.78, 5) is 0. The molecule has 0 aromatic rings. The van der Waals surface area contributed by atoms with Crippen LogP contribution < -0.4 is 0 Å². The molecule has 15 heavy (non-hydrogen) atoms. The number of halogens is 1. The second-order valence-corrected chi connectivity index (χ2v) is 4.91. The van der Waals surface area contributed by atoms with Crippen LogP contribution >= 0.6 is 0 Å². The number of ether oxygens (including phenoxy) is 1. The molecule has 0 aliphatic rings. The molecule has 1 nitrogen and oxygen atoms in total. The summed E-state index contributed by atoms with van der Waals surface area (Å²) in [6, 6.07) is 0. The van der Waals surface area contributed by atoms with E-state index in [9.17, 15) is 4.39 Å². The van der Waals surface area contributed by atoms with Crippen molar-refractivity contribution in [2.45, 2.75) is 52.6 Å². The molecule has 0 amide bonds. The minimum atomic E-state index is -0.713. The van der Waals surface area contributed by atoms with Crippen LogP contribution in [0.25, 0.3) is 0 Å². The lowest BCUT2D eigenvalue weighted by molar-refractivity contribution is 0.0572. The highest BCUT2D eigenvalue weighted by molar-refractivity contribution is 4.91. The summed E-state index contributed by atoms with van der Waals surface area (Å²) in [7, 11) is 1.68. The van der Waals surface area contributed by atoms with Crippen LogP contribution in [-0.4, -0.2) is 19.9 Å². The van der Waals surface area contributed by atoms with Crippen molar-refractivity contribution in [2.24, 2.45) is 5.41 Å². The van der Waals surface area contributed by atoms with Gasteiger partial charge in [0.25, 0.3) is 0 Å². The molecule has 0 radical (unpaired) electrons. The zero-order chi connectivity index (χ0) is 11.9. The fourth-order valence-corrected chi connectivity index (χ4v) is 1.78. The van der Waals surface area contributed by atoms with E-state index >= 15 is 0 Å². The minimum Gasteiger partial charge on any atom is -0.384 e. The molecule has 0 N–H and O–H groups in total. The van der Waals surface area contributed by atoms with Gasteiger partial charge in [0.05, 0.1) is 6.61 Å². The Morgan fingerprint density at radius 3 is 2.53 bits per heavy atom. The maximum Gasteiger partial charge on any atom is 0.100 e. The van der Waals surface area contributed by atoms with Gasteiger partial charge in [-0.15, -0.1) is 6.58 Å². The Morgan fingerprint density at radius 2 is 2.13 bits per heavy atom. The second-order valence-electron chi connectivity index (χ2n) is 4.91. The van der Waals surface area contributed by atoms with Gasteiger partial charge in [-0.3, -0.25) is 0 Å². The van der Waals surface area contributed by atoms with Gasteiger partial charge < -0.3 is 4.74 Å². The van der Waals surface area contributed by atoms with Crippen LogP contribution in [0.3, 0.4) is 0 Å². The molecule has 0 spiro atoms. The van der Waals surface area contributed by atoms with E-state index in [2.05, 4.69) is 13.5 Å². The van der Waals surface area contributed by atoms with Gasteiger partial charge in [-0.05, 0) is 38.0 Å². The molecule has 90 valence electrons. The maximum atomic E-state index is 13.4. The summed E-state index contributed by atoms with van der Waals surface area (Å²) in [6.45, 7) is 10.5. The highest BCUT2D eigenvalue weighted by atomic mass is 19.1. The molecule has 2 atom stereocenters. The van der Waals surface area contributed by atoms with Gasteiger partial charge in [0, 0.05) is 7.11 Å². The maximum absolute atomic E-state index is 13.4. The molecule has 0 aromatic carbocycles. The summed E-state index contributed by atoms with van der Waals surface area (Å²) in [5.41, 5.74) is 1.10. The molecule has 0 saturated carbocycles. The third-order valence-electron chi connectivity index (χ3n) is 2.81. The molecule has 0 aliphatic carbocycles. The number of alkyl halides is 1. The van der Waals surface area contributed by atoms with Crippen LogP contribution in [-0.2, 0) is 4.74 Å². The van der Waals surface area contributed by atoms with Gasteiger partial charge in [-0.1, -0.05) is 19.4 Å². The molecule has 0 heterocycles. The van der Waals surface area contributed by atoms with Crippen molar-refractivity contribution in [1.29, 1.82) is 0 Å². The van der Waals surface area contributed by atoms with E-state index in [1.807, 2.05) is 13.8 Å². The molecule has 0 fully saturated rings. The van der Waals surface area contributed by atoms with Crippen molar-refractivity contribution in [3.05, 3.63) is 12.2 Å². The molecule has 0 saturated heterocycles. The highest BCUT2D eigenvalue weighted by Crippen LogP contribution is 2.32. The van der Waals surface area contributed by atoms with Gasteiger partial charge in [-0.25, -0.2) is 4.39 Å². The monoisotopic (exact) mass is 216 g/mol. The summed E-state index contributed by atoms with van der Waals surface area (Å²) in [6.07, 6.45) is 2.37. The van der Waals surface area contributed by atoms with Gasteiger partial charge in [0.15, 0.2) is 0 Å². The van der Waals surface area contributed by atoms with Crippen molar-refractivity contribution in [3.63, 3.8) is 0 Å². The lowest BCUT2D eigenvalue weighted by Gasteiger charge is -2.30. The van der Waals surface area contributed by atoms with Crippen LogP contribution in [0.4, 0.5) is 4.39 Å². The van der Waals surface area contributed by atoms with E-state index in [-0.39, 0.29) is 5.41 Å². The molecular weight excluding hydrogens is 191 g/mol. The lowest BCUT2D eigenvalue weighted by atomic mass is 9.80. The average molecular weight is 216 g/mol. The van der Waals surface area contributed by atoms with Crippen molar-refractivity contribution in [2.75, 3.05) is 13.7 Å². The summed E-state index contributed by atoms with van der Waals surface area (Å²) >= 11 is 0. The van der Waals surface area contributed by atoms with Gasteiger partial charge >= 0.3 is 0 Å². The molecule has 0 bridgehead atoms. The van der Waals surface area contributed by atoms with E-state index in [0.29, 0.717) is 19.4 Å². The minimum absolute atomic E-state index is 0.0525. The number of hydrogen-bond donors (Lipinski definition) is 0. The van der Waals surface area contributed by atoms with E-state index in [1.165, 1.54) is 0 Å². The topological polar surface area (TPSA) is 9.23 Å². The third-order valence-corrected chi connectivity index (χ3v) is 2.81. The first-order chi connectivity index (χ1) is 6.93. The fraction of sp³-hybridized carbons (Fsp3) is 0.846. The molecule has 0 rings (SSSR count). The Bertz CT molecular complexity index is 191. The normalized spacial score (nSPS) is 17.1. The van der Waals surface area contributed by atoms with Crippen molar-refractivity contribution < 1.29 is 9.13 Å². The van der Waals surface area contributed by atoms with E-state index < -0.39 is 6.17 Å². The third kappa shape index (κ3) is 6.67. The predicted molar refractivity (Wildman–Crippen MR) is 63.8 cm³/mol. The van der Waals surface area contributed by atoms with E-state index in [0.717, 1.165) is 18.4 Å². The summed E-state index contributed by atoms with van der Waals surface area (Å²) < 4.78 is 18.6. The summed E-state index contributed by atoms with van der Waals surface area (Å²) in [5.74, 6) is 0. The lowest BCUT2D eigenvalue weighted by Crippen LogP contribution is -2.26. The Kier molecular flexibility index (Phi) is 6.82. The Balaban J connectivity index is 4.23. The molecule has 2 heteroatoms. The molecule has 2 unspecified atom stereocenters. The van der Waals surface area contributed by atoms with Crippen molar-refractivity contribution in [3.8, 4) is 0 Å². The first kappa shape index (κ1) is 14.6. The van der Waals surface area contributed by atoms with Gasteiger partial charge in [0.1, 0.15) is 6.17 Å². The van der Waals surface area contributed by atoms with Crippen LogP contribution in [0.5, 0.6) is 0 Å². The summed E-state index contributed by atoms with van der Waals surface area (Å²) in [5, 5.41) is 0. The first-order valence-corrected chi connectivity index (χ1v) is 5.71. The second kappa shape index (κ2) is 7.00. The van der Waals surface area contributed by atoms with Gasteiger partial charge in [-0.2, -0.15) is 0 Å². The number of methoxy groups -OCH3 is 1. The van der Waals surface area contributed by atoms with Gasteiger partial charge in [0.2, 0.25) is 0 Å². The van der Waals surface area contributed by atoms with Crippen molar-refractivity contribution in [1.82, 2.24) is 0 Å². The van der Waals surface area contributed by atoms with Crippen molar-refractivity contribution >= 4 is 0 Å². The van der Waals surface area contributed by atoms with Crippen LogP contribution in [0.15, 0.2) is 12.2 Å². The average Bonchev–Trinajstić information content (AvgIpc) is 2.15. The van der Waals surface area contributed by atoms with Crippen LogP contribution in [0.2, 0.25) is 0 Å². The molecule has 0 aliphatic heterocycles.